The van der Waals surface area contributed by atoms with Gasteiger partial charge in [-0.3, -0.25) is 4.79 Å². The molecule has 3 heterocycles. The summed E-state index contributed by atoms with van der Waals surface area (Å²) in [5.74, 6) is 4.54. The first-order valence-corrected chi connectivity index (χ1v) is 13.7. The Labute approximate surface area is 194 Å². The fourth-order valence-electron chi connectivity index (χ4n) is 9.59. The van der Waals surface area contributed by atoms with Crippen molar-refractivity contribution in [3.05, 3.63) is 11.1 Å². The summed E-state index contributed by atoms with van der Waals surface area (Å²) in [5, 5.41) is 7.03. The average Bonchev–Trinajstić information content (AvgIpc) is 3.14. The van der Waals surface area contributed by atoms with Crippen molar-refractivity contribution >= 4 is 5.91 Å². The molecule has 178 valence electrons. The van der Waals surface area contributed by atoms with Crippen LogP contribution in [-0.4, -0.2) is 36.7 Å². The lowest BCUT2D eigenvalue weighted by molar-refractivity contribution is -0.122. The molecule has 0 bridgehead atoms. The van der Waals surface area contributed by atoms with Gasteiger partial charge in [0.15, 0.2) is 0 Å². The highest BCUT2D eigenvalue weighted by atomic mass is 16.5. The van der Waals surface area contributed by atoms with Gasteiger partial charge in [-0.15, -0.1) is 0 Å². The first-order chi connectivity index (χ1) is 15.3. The molecular weight excluding hydrogens is 396 g/mol. The average molecular weight is 441 g/mol. The lowest BCUT2D eigenvalue weighted by atomic mass is 9.55. The van der Waals surface area contributed by atoms with Crippen LogP contribution in [0.3, 0.4) is 0 Å². The Kier molecular flexibility index (Phi) is 5.12. The predicted molar refractivity (Wildman–Crippen MR) is 127 cm³/mol. The molecule has 0 aromatic heterocycles. The zero-order valence-electron chi connectivity index (χ0n) is 20.7. The van der Waals surface area contributed by atoms with E-state index < -0.39 is 0 Å². The van der Waals surface area contributed by atoms with Gasteiger partial charge < -0.3 is 15.4 Å². The molecule has 32 heavy (non-hydrogen) atoms. The molecule has 0 radical (unpaired) electrons. The molecule has 3 saturated heterocycles. The quantitative estimate of drug-likeness (QED) is 0.530. The van der Waals surface area contributed by atoms with Crippen molar-refractivity contribution in [1.82, 2.24) is 10.6 Å². The third-order valence-electron chi connectivity index (χ3n) is 11.4. The highest BCUT2D eigenvalue weighted by Gasteiger charge is 2.59. The van der Waals surface area contributed by atoms with Crippen LogP contribution in [0.25, 0.3) is 0 Å². The lowest BCUT2D eigenvalue weighted by Gasteiger charge is -2.49. The van der Waals surface area contributed by atoms with Crippen molar-refractivity contribution in [3.63, 3.8) is 0 Å². The van der Waals surface area contributed by atoms with Crippen LogP contribution < -0.4 is 10.6 Å². The second-order valence-corrected chi connectivity index (χ2v) is 13.0. The zero-order valence-corrected chi connectivity index (χ0v) is 20.7. The first kappa shape index (κ1) is 21.6. The van der Waals surface area contributed by atoms with Crippen molar-refractivity contribution in [3.8, 4) is 0 Å². The van der Waals surface area contributed by atoms with Crippen LogP contribution in [0.15, 0.2) is 11.1 Å². The number of carbonyl (C=O) groups excluding carboxylic acids is 1. The van der Waals surface area contributed by atoms with Crippen molar-refractivity contribution < 1.29 is 9.53 Å². The number of carbonyl (C=O) groups is 1. The summed E-state index contributed by atoms with van der Waals surface area (Å²) in [4.78, 5) is 12.3. The van der Waals surface area contributed by atoms with Gasteiger partial charge in [-0.25, -0.2) is 0 Å². The highest BCUT2D eigenvalue weighted by Crippen LogP contribution is 2.64. The molecule has 3 aliphatic carbocycles. The number of piperidine rings is 1. The van der Waals surface area contributed by atoms with Gasteiger partial charge in [-0.1, -0.05) is 31.9 Å². The molecule has 10 atom stereocenters. The van der Waals surface area contributed by atoms with E-state index in [2.05, 4.69) is 38.3 Å². The fraction of sp³-hybridized carbons (Fsp3) is 0.893. The third-order valence-corrected chi connectivity index (χ3v) is 11.4. The molecule has 2 N–H and O–H groups in total. The minimum atomic E-state index is 0.0447. The Balaban J connectivity index is 1.28. The maximum atomic E-state index is 12.3. The third kappa shape index (κ3) is 3.11. The van der Waals surface area contributed by atoms with E-state index in [1.165, 1.54) is 44.9 Å². The van der Waals surface area contributed by atoms with E-state index in [-0.39, 0.29) is 5.60 Å². The standard InChI is InChI=1S/C28H44N2O2/c1-16-11-24-26(30-15-16)18(3)28(32-24)8-7-20-21-6-5-19-12-25(31)29-10-9-27(19,4)23(21)13-22(20)17(2)14-28/h16,18-21,23-24,26,30H,5-15H2,1-4H3,(H,29,31)/t16-,18+,19+,20-,21-,23-,24+,26-,27-,28-/m0/s1. The minimum Gasteiger partial charge on any atom is -0.369 e. The summed E-state index contributed by atoms with van der Waals surface area (Å²) < 4.78 is 7.02. The van der Waals surface area contributed by atoms with E-state index in [1.54, 1.807) is 11.1 Å². The maximum absolute atomic E-state index is 12.3. The summed E-state index contributed by atoms with van der Waals surface area (Å²) in [7, 11) is 0. The van der Waals surface area contributed by atoms with Crippen LogP contribution in [0.1, 0.15) is 85.5 Å². The number of amides is 1. The number of allylic oxidation sites excluding steroid dienone is 1. The Morgan fingerprint density at radius 3 is 2.78 bits per heavy atom. The Morgan fingerprint density at radius 2 is 1.94 bits per heavy atom. The molecular formula is C28H44N2O2. The SMILES string of the molecule is CC1=C2C[C@H]3[C@@H](CC[C@@H]4CC(=O)NCC[C@@]43C)[C@@H]2CC[C@@]2(C1)O[C@@H]1C[C@H](C)CN[C@H]1[C@H]2C. The molecule has 6 rings (SSSR count). The highest BCUT2D eigenvalue weighted by molar-refractivity contribution is 5.76. The number of hydrogen-bond acceptors (Lipinski definition) is 3. The summed E-state index contributed by atoms with van der Waals surface area (Å²) in [6, 6.07) is 0.542. The Morgan fingerprint density at radius 1 is 1.09 bits per heavy atom. The largest absolute Gasteiger partial charge is 0.369 e. The van der Waals surface area contributed by atoms with Gasteiger partial charge in [0.05, 0.1) is 11.7 Å². The van der Waals surface area contributed by atoms with Crippen LogP contribution in [0.5, 0.6) is 0 Å². The Bertz CT molecular complexity index is 822. The molecule has 0 aromatic rings. The summed E-state index contributed by atoms with van der Waals surface area (Å²) in [5.41, 5.74) is 3.83. The maximum Gasteiger partial charge on any atom is 0.220 e. The monoisotopic (exact) mass is 440 g/mol. The van der Waals surface area contributed by atoms with Gasteiger partial charge in [0.25, 0.3) is 0 Å². The molecule has 3 aliphatic heterocycles. The number of ether oxygens (including phenoxy) is 1. The molecule has 0 unspecified atom stereocenters. The fourth-order valence-corrected chi connectivity index (χ4v) is 9.59. The second-order valence-electron chi connectivity index (χ2n) is 13.0. The minimum absolute atomic E-state index is 0.0447. The Hall–Kier alpha value is -0.870. The van der Waals surface area contributed by atoms with Gasteiger partial charge in [0, 0.05) is 24.9 Å². The molecule has 0 aromatic carbocycles. The molecule has 4 nitrogen and oxygen atoms in total. The van der Waals surface area contributed by atoms with Gasteiger partial charge in [-0.05, 0) is 99.8 Å². The summed E-state index contributed by atoms with van der Waals surface area (Å²) in [6.45, 7) is 11.8. The van der Waals surface area contributed by atoms with Crippen LogP contribution in [0.4, 0.5) is 0 Å². The normalized spacial score (nSPS) is 53.1. The van der Waals surface area contributed by atoms with Crippen molar-refractivity contribution in [2.24, 2.45) is 40.9 Å². The zero-order chi connectivity index (χ0) is 22.3. The van der Waals surface area contributed by atoms with Crippen LogP contribution in [-0.2, 0) is 9.53 Å². The smallest absolute Gasteiger partial charge is 0.220 e. The number of fused-ring (bicyclic) bond motifs is 6. The number of rotatable bonds is 0. The van der Waals surface area contributed by atoms with E-state index in [4.69, 9.17) is 4.74 Å². The number of hydrogen-bond donors (Lipinski definition) is 2. The molecule has 2 saturated carbocycles. The predicted octanol–water partition coefficient (Wildman–Crippen LogP) is 4.84. The van der Waals surface area contributed by atoms with Gasteiger partial charge >= 0.3 is 0 Å². The van der Waals surface area contributed by atoms with Crippen molar-refractivity contribution in [2.75, 3.05) is 13.1 Å². The first-order valence-electron chi connectivity index (χ1n) is 13.7. The van der Waals surface area contributed by atoms with Crippen LogP contribution >= 0.6 is 0 Å². The van der Waals surface area contributed by atoms with E-state index in [9.17, 15) is 4.79 Å². The molecule has 4 heteroatoms. The van der Waals surface area contributed by atoms with E-state index in [0.717, 1.165) is 49.6 Å². The van der Waals surface area contributed by atoms with E-state index in [0.29, 0.717) is 35.3 Å². The molecule has 1 spiro atoms. The van der Waals surface area contributed by atoms with Crippen molar-refractivity contribution in [1.29, 1.82) is 0 Å². The van der Waals surface area contributed by atoms with E-state index >= 15 is 0 Å². The van der Waals surface area contributed by atoms with E-state index in [1.807, 2.05) is 0 Å². The van der Waals surface area contributed by atoms with Gasteiger partial charge in [-0.2, -0.15) is 0 Å². The molecule has 1 amide bonds. The summed E-state index contributed by atoms with van der Waals surface area (Å²) in [6.07, 6.45) is 11.1. The number of nitrogens with one attached hydrogen (secondary N) is 2. The second kappa shape index (κ2) is 7.57. The van der Waals surface area contributed by atoms with Crippen LogP contribution in [0.2, 0.25) is 0 Å². The van der Waals surface area contributed by atoms with Crippen LogP contribution in [0, 0.1) is 40.9 Å². The van der Waals surface area contributed by atoms with Gasteiger partial charge in [0.1, 0.15) is 0 Å². The van der Waals surface area contributed by atoms with Gasteiger partial charge in [0.2, 0.25) is 5.91 Å². The van der Waals surface area contributed by atoms with Crippen molar-refractivity contribution in [2.45, 2.75) is 103 Å². The topological polar surface area (TPSA) is 50.4 Å². The molecule has 5 fully saturated rings. The molecule has 6 aliphatic rings. The summed E-state index contributed by atoms with van der Waals surface area (Å²) >= 11 is 0. The lowest BCUT2D eigenvalue weighted by Crippen LogP contribution is -2.48.